The van der Waals surface area contributed by atoms with E-state index in [1.165, 1.54) is 36.8 Å². The Bertz CT molecular complexity index is 366. The summed E-state index contributed by atoms with van der Waals surface area (Å²) < 4.78 is 0. The Balaban J connectivity index is -0.000000722. The molecular weight excluding hydrogens is 401 g/mol. The van der Waals surface area contributed by atoms with E-state index in [0.717, 1.165) is 0 Å². The molecular formula is C16H16Br2Mg2. The first-order chi connectivity index (χ1) is 7.95. The summed E-state index contributed by atoms with van der Waals surface area (Å²) in [5.74, 6) is 0. The van der Waals surface area contributed by atoms with E-state index in [0.29, 0.717) is 0 Å². The third kappa shape index (κ3) is 10.6. The molecule has 0 amide bonds. The Morgan fingerprint density at radius 1 is 0.600 bits per heavy atom. The van der Waals surface area contributed by atoms with E-state index in [2.05, 4.69) is 36.4 Å². The number of benzene rings is 2. The van der Waals surface area contributed by atoms with Crippen molar-refractivity contribution >= 4 is 46.1 Å². The molecule has 98 valence electrons. The number of halogens is 2. The Morgan fingerprint density at radius 2 is 0.900 bits per heavy atom. The zero-order chi connectivity index (χ0) is 11.1. The summed E-state index contributed by atoms with van der Waals surface area (Å²) >= 11 is 0. The van der Waals surface area contributed by atoms with E-state index >= 15 is 0 Å². The quantitative estimate of drug-likeness (QED) is 0.279. The van der Waals surface area contributed by atoms with Gasteiger partial charge in [0.25, 0.3) is 0 Å². The molecule has 0 saturated carbocycles. The summed E-state index contributed by atoms with van der Waals surface area (Å²) in [6.07, 6.45) is 4.85. The van der Waals surface area contributed by atoms with Gasteiger partial charge in [-0.1, -0.05) is 25.7 Å². The predicted octanol–water partition coefficient (Wildman–Crippen LogP) is -2.90. The van der Waals surface area contributed by atoms with Crippen molar-refractivity contribution in [3.63, 3.8) is 0 Å². The first-order valence-corrected chi connectivity index (χ1v) is 5.85. The fraction of sp³-hybridized carbons (Fsp3) is 0.250. The van der Waals surface area contributed by atoms with Gasteiger partial charge < -0.3 is 34.0 Å². The van der Waals surface area contributed by atoms with Crippen LogP contribution in [-0.4, -0.2) is 46.1 Å². The molecule has 0 aliphatic rings. The van der Waals surface area contributed by atoms with Gasteiger partial charge in [-0.2, -0.15) is 71.8 Å². The zero-order valence-corrected chi connectivity index (χ0v) is 17.6. The van der Waals surface area contributed by atoms with Crippen LogP contribution in [0.25, 0.3) is 0 Å². The van der Waals surface area contributed by atoms with Gasteiger partial charge in [0.2, 0.25) is 0 Å². The van der Waals surface area contributed by atoms with Crippen molar-refractivity contribution in [1.82, 2.24) is 0 Å². The Labute approximate surface area is 176 Å². The normalized spacial score (nSPS) is 8.20. The molecule has 4 heteroatoms. The molecule has 0 aromatic heterocycles. The number of hydrogen-bond acceptors (Lipinski definition) is 0. The van der Waals surface area contributed by atoms with Gasteiger partial charge in [0.1, 0.15) is 0 Å². The first kappa shape index (κ1) is 25.9. The molecule has 0 aliphatic heterocycles. The van der Waals surface area contributed by atoms with Gasteiger partial charge in [0.05, 0.1) is 0 Å². The standard InChI is InChI=1S/C16H16.2BrH.2Mg/c1-3-9-15(10-4-1)13-7-8-14-16-11-5-2-6-12-16;;;;/h3-6,9-12H,7-8,13-14H2;2*1H;;/q-2;;;2*+2/p-2. The van der Waals surface area contributed by atoms with Crippen molar-refractivity contribution in [1.29, 1.82) is 0 Å². The van der Waals surface area contributed by atoms with Crippen LogP contribution in [0.3, 0.4) is 0 Å². The molecule has 0 nitrogen and oxygen atoms in total. The molecule has 2 aromatic rings. The second-order valence-electron chi connectivity index (χ2n) is 4.02. The predicted molar refractivity (Wildman–Crippen MR) is 78.7 cm³/mol. The summed E-state index contributed by atoms with van der Waals surface area (Å²) in [6, 6.07) is 22.6. The molecule has 2 aromatic carbocycles. The van der Waals surface area contributed by atoms with E-state index in [9.17, 15) is 0 Å². The fourth-order valence-corrected chi connectivity index (χ4v) is 1.83. The average Bonchev–Trinajstić information content (AvgIpc) is 2.37. The molecule has 0 N–H and O–H groups in total. The molecule has 0 saturated heterocycles. The van der Waals surface area contributed by atoms with Gasteiger partial charge in [0, 0.05) is 0 Å². The van der Waals surface area contributed by atoms with Gasteiger partial charge >= 0.3 is 46.1 Å². The van der Waals surface area contributed by atoms with Gasteiger partial charge in [-0.15, -0.1) is 0 Å². The molecule has 2 rings (SSSR count). The molecule has 0 unspecified atom stereocenters. The maximum absolute atomic E-state index is 3.05. The van der Waals surface area contributed by atoms with Crippen molar-refractivity contribution in [2.75, 3.05) is 0 Å². The molecule has 0 spiro atoms. The molecule has 0 bridgehead atoms. The molecule has 0 fully saturated rings. The minimum absolute atomic E-state index is 0. The second-order valence-corrected chi connectivity index (χ2v) is 4.02. The molecule has 20 heavy (non-hydrogen) atoms. The summed E-state index contributed by atoms with van der Waals surface area (Å²) in [4.78, 5) is 0. The number of rotatable bonds is 5. The van der Waals surface area contributed by atoms with Gasteiger partial charge in [-0.3, -0.25) is 0 Å². The van der Waals surface area contributed by atoms with Crippen molar-refractivity contribution in [2.24, 2.45) is 0 Å². The van der Waals surface area contributed by atoms with E-state index in [-0.39, 0.29) is 80.1 Å². The largest absolute Gasteiger partial charge is 2.00 e. The summed E-state index contributed by atoms with van der Waals surface area (Å²) in [5, 5.41) is 0. The Kier molecular flexibility index (Phi) is 21.1. The van der Waals surface area contributed by atoms with Crippen molar-refractivity contribution < 1.29 is 34.0 Å². The van der Waals surface area contributed by atoms with Crippen LogP contribution >= 0.6 is 0 Å². The Morgan fingerprint density at radius 3 is 1.20 bits per heavy atom. The summed E-state index contributed by atoms with van der Waals surface area (Å²) in [5.41, 5.74) is 2.83. The maximum atomic E-state index is 3.05. The van der Waals surface area contributed by atoms with Crippen LogP contribution in [0.5, 0.6) is 0 Å². The molecule has 0 aliphatic carbocycles. The van der Waals surface area contributed by atoms with E-state index in [1.54, 1.807) is 0 Å². The van der Waals surface area contributed by atoms with E-state index < -0.39 is 0 Å². The van der Waals surface area contributed by atoms with Crippen LogP contribution in [0.4, 0.5) is 0 Å². The first-order valence-electron chi connectivity index (χ1n) is 5.85. The number of aryl methyl sites for hydroxylation is 2. The number of unbranched alkanes of at least 4 members (excludes halogenated alkanes) is 1. The van der Waals surface area contributed by atoms with Crippen LogP contribution in [0.15, 0.2) is 48.5 Å². The van der Waals surface area contributed by atoms with Crippen LogP contribution in [-0.2, 0) is 12.8 Å². The van der Waals surface area contributed by atoms with Crippen molar-refractivity contribution in [3.8, 4) is 0 Å². The van der Waals surface area contributed by atoms with E-state index in [4.69, 9.17) is 0 Å². The van der Waals surface area contributed by atoms with Crippen LogP contribution in [0, 0.1) is 12.1 Å². The van der Waals surface area contributed by atoms with Crippen LogP contribution < -0.4 is 34.0 Å². The number of hydrogen-bond donors (Lipinski definition) is 0. The average molecular weight is 417 g/mol. The van der Waals surface area contributed by atoms with E-state index in [1.807, 2.05) is 24.3 Å². The van der Waals surface area contributed by atoms with Crippen LogP contribution in [0.1, 0.15) is 24.0 Å². The van der Waals surface area contributed by atoms with Crippen molar-refractivity contribution in [3.05, 3.63) is 71.8 Å². The van der Waals surface area contributed by atoms with Gasteiger partial charge in [-0.05, 0) is 0 Å². The smallest absolute Gasteiger partial charge is 1.00 e. The zero-order valence-electron chi connectivity index (χ0n) is 11.6. The van der Waals surface area contributed by atoms with Crippen molar-refractivity contribution in [2.45, 2.75) is 25.7 Å². The monoisotopic (exact) mass is 414 g/mol. The Hall–Kier alpha value is 0.932. The topological polar surface area (TPSA) is 0 Å². The van der Waals surface area contributed by atoms with Crippen LogP contribution in [0.2, 0.25) is 0 Å². The second kappa shape index (κ2) is 16.3. The van der Waals surface area contributed by atoms with Gasteiger partial charge in [0.15, 0.2) is 0 Å². The van der Waals surface area contributed by atoms with Gasteiger partial charge in [-0.25, -0.2) is 0 Å². The maximum Gasteiger partial charge on any atom is 2.00 e. The summed E-state index contributed by atoms with van der Waals surface area (Å²) in [7, 11) is 0. The summed E-state index contributed by atoms with van der Waals surface area (Å²) in [6.45, 7) is 0. The third-order valence-corrected chi connectivity index (χ3v) is 2.76. The molecule has 0 atom stereocenters. The molecule has 0 radical (unpaired) electrons. The fourth-order valence-electron chi connectivity index (χ4n) is 1.83. The minimum atomic E-state index is 0. The minimum Gasteiger partial charge on any atom is -1.00 e. The third-order valence-electron chi connectivity index (χ3n) is 2.76. The SMILES string of the molecule is [Br-].[Br-].[Mg+2].[Mg+2].[c-]1ccc(CCCCc2cc[c-]cc2)cc1. The molecule has 0 heterocycles.